The molecule has 2 aliphatic rings. The number of imide groups is 1. The number of aromatic nitrogens is 2. The summed E-state index contributed by atoms with van der Waals surface area (Å²) < 4.78 is 71.1. The minimum Gasteiger partial charge on any atom is -0.447 e. The molecule has 22 heteroatoms. The Labute approximate surface area is 281 Å². The van der Waals surface area contributed by atoms with Crippen LogP contribution in [0.5, 0.6) is 0 Å². The van der Waals surface area contributed by atoms with Gasteiger partial charge in [0.25, 0.3) is 21.9 Å². The van der Waals surface area contributed by atoms with Crippen LogP contribution in [0.1, 0.15) is 54.3 Å². The number of unbranched alkanes of at least 4 members (excludes halogenated alkanes) is 2. The number of nitrogens with two attached hydrogens (primary N) is 1. The number of nitrogens with zero attached hydrogens (tertiary/aromatic N) is 3. The Morgan fingerprint density at radius 3 is 2.42 bits per heavy atom. The molecule has 2 aromatic rings. The highest BCUT2D eigenvalue weighted by atomic mass is 32.2. The van der Waals surface area contributed by atoms with Gasteiger partial charge in [0.2, 0.25) is 12.1 Å². The van der Waals surface area contributed by atoms with Gasteiger partial charge in [-0.05, 0) is 36.6 Å². The molecule has 2 aliphatic heterocycles. The van der Waals surface area contributed by atoms with Gasteiger partial charge in [-0.3, -0.25) is 23.5 Å². The van der Waals surface area contributed by atoms with E-state index >= 15 is 0 Å². The van der Waals surface area contributed by atoms with Crippen LogP contribution in [0.2, 0.25) is 0 Å². The number of ether oxygens (including phenoxy) is 2. The van der Waals surface area contributed by atoms with E-state index in [1.54, 1.807) is 0 Å². The molecule has 0 spiro atoms. The van der Waals surface area contributed by atoms with Crippen LogP contribution >= 0.6 is 0 Å². The largest absolute Gasteiger partial charge is 0.447 e. The number of benzene rings is 1. The molecule has 0 radical (unpaired) electrons. The van der Waals surface area contributed by atoms with Crippen LogP contribution in [0.25, 0.3) is 0 Å². The molecule has 4 atom stereocenters. The fraction of sp³-hybridized carbons (Fsp3) is 0.464. The number of amides is 4. The number of hydrogen-bond donors (Lipinski definition) is 5. The molecule has 2 saturated heterocycles. The average molecular weight is 731 g/mol. The van der Waals surface area contributed by atoms with Crippen LogP contribution in [-0.4, -0.2) is 99.0 Å². The zero-order chi connectivity index (χ0) is 36.8. The van der Waals surface area contributed by atoms with Crippen molar-refractivity contribution in [3.63, 3.8) is 0 Å². The molecule has 0 aliphatic carbocycles. The summed E-state index contributed by atoms with van der Waals surface area (Å²) in [7, 11) is -4.86. The van der Waals surface area contributed by atoms with Gasteiger partial charge in [0, 0.05) is 25.7 Å². The van der Waals surface area contributed by atoms with Crippen LogP contribution in [0.15, 0.2) is 41.3 Å². The van der Waals surface area contributed by atoms with Gasteiger partial charge < -0.3 is 35.8 Å². The van der Waals surface area contributed by atoms with Crippen molar-refractivity contribution in [3.05, 3.63) is 58.1 Å². The quantitative estimate of drug-likeness (QED) is 0.0923. The maximum absolute atomic E-state index is 14.6. The van der Waals surface area contributed by atoms with E-state index in [4.69, 9.17) is 24.6 Å². The van der Waals surface area contributed by atoms with E-state index in [1.165, 1.54) is 24.3 Å². The lowest BCUT2D eigenvalue weighted by atomic mass is 10.1. The lowest BCUT2D eigenvalue weighted by Crippen LogP contribution is -2.42. The molecule has 272 valence electrons. The van der Waals surface area contributed by atoms with E-state index < -0.39 is 82.3 Å². The number of halogens is 2. The molecule has 19 nitrogen and oxygen atoms in total. The molecule has 2 fully saturated rings. The molecule has 3 heterocycles. The third-order valence-electron chi connectivity index (χ3n) is 7.49. The van der Waals surface area contributed by atoms with Gasteiger partial charge in [0.1, 0.15) is 18.5 Å². The number of nitrogens with one attached hydrogen (secondary N) is 2. The second-order valence-corrected chi connectivity index (χ2v) is 12.7. The van der Waals surface area contributed by atoms with Crippen molar-refractivity contribution in [1.29, 1.82) is 0 Å². The molecule has 4 amide bonds. The van der Waals surface area contributed by atoms with Gasteiger partial charge in [-0.1, -0.05) is 18.6 Å². The standard InChI is InChI=1S/C28H32F2N6O13S/c29-28(30)22(39)17(48-25(28)35-11-9-19(31)34-26(35)42)14-47-27(43)32-10-3-1-2-4-20(37)33-13-15-5-7-16(8-6-15)24(41)49-36-21(38)12-18(23(36)40)50(44,45)46/h5-9,11,17-18,22,25,39H,1-4,10,12-14H2,(H,32,43)(H,33,37)(H2,31,34,42)(H,44,45,46)/t17-,18?,22+,25-/m1/s1. The summed E-state index contributed by atoms with van der Waals surface area (Å²) in [5.41, 5.74) is 4.75. The van der Waals surface area contributed by atoms with Gasteiger partial charge >= 0.3 is 23.7 Å². The molecule has 4 rings (SSSR count). The third kappa shape index (κ3) is 9.13. The highest BCUT2D eigenvalue weighted by Gasteiger charge is 2.60. The fourth-order valence-corrected chi connectivity index (χ4v) is 5.50. The van der Waals surface area contributed by atoms with Crippen LogP contribution in [-0.2, 0) is 45.4 Å². The van der Waals surface area contributed by atoms with Crippen molar-refractivity contribution in [2.75, 3.05) is 18.9 Å². The molecule has 50 heavy (non-hydrogen) atoms. The van der Waals surface area contributed by atoms with Gasteiger partial charge in [-0.25, -0.2) is 14.4 Å². The predicted molar refractivity (Wildman–Crippen MR) is 161 cm³/mol. The number of hydrogen-bond acceptors (Lipinski definition) is 14. The summed E-state index contributed by atoms with van der Waals surface area (Å²) in [5.74, 6) is -8.02. The Morgan fingerprint density at radius 1 is 1.08 bits per heavy atom. The highest BCUT2D eigenvalue weighted by molar-refractivity contribution is 7.87. The maximum atomic E-state index is 14.6. The van der Waals surface area contributed by atoms with E-state index in [0.29, 0.717) is 29.4 Å². The SMILES string of the molecule is Nc1ccn([C@@H]2O[C@H](COC(=O)NCCCCCC(=O)NCc3ccc(C(=O)ON4C(=O)CC(S(=O)(=O)O)C4=O)cc3)[C@H](O)C2(F)F)c(=O)n1. The number of carbonyl (C=O) groups excluding carboxylic acids is 5. The van der Waals surface area contributed by atoms with Crippen molar-refractivity contribution in [2.45, 2.75) is 68.3 Å². The fourth-order valence-electron chi connectivity index (χ4n) is 4.79. The first-order chi connectivity index (χ1) is 23.5. The number of hydroxylamine groups is 2. The van der Waals surface area contributed by atoms with E-state index in [-0.39, 0.29) is 41.9 Å². The van der Waals surface area contributed by atoms with Gasteiger partial charge in [-0.2, -0.15) is 22.2 Å². The maximum Gasteiger partial charge on any atom is 0.407 e. The first kappa shape index (κ1) is 37.8. The van der Waals surface area contributed by atoms with Crippen molar-refractivity contribution in [2.24, 2.45) is 0 Å². The van der Waals surface area contributed by atoms with Gasteiger partial charge in [0.15, 0.2) is 11.4 Å². The number of alkyl carbamates (subject to hydrolysis) is 1. The second-order valence-electron chi connectivity index (χ2n) is 11.1. The molecular formula is C28H32F2N6O13S. The summed E-state index contributed by atoms with van der Waals surface area (Å²) in [6, 6.07) is 6.64. The lowest BCUT2D eigenvalue weighted by molar-refractivity contribution is -0.172. The first-order valence-corrected chi connectivity index (χ1v) is 16.4. The topological polar surface area (TPSA) is 276 Å². The third-order valence-corrected chi connectivity index (χ3v) is 8.57. The number of alkyl halides is 2. The molecule has 6 N–H and O–H groups in total. The summed E-state index contributed by atoms with van der Waals surface area (Å²) in [6.45, 7) is -0.500. The van der Waals surface area contributed by atoms with E-state index in [2.05, 4.69) is 15.6 Å². The monoisotopic (exact) mass is 730 g/mol. The Morgan fingerprint density at radius 2 is 1.78 bits per heavy atom. The summed E-state index contributed by atoms with van der Waals surface area (Å²) >= 11 is 0. The molecule has 0 saturated carbocycles. The molecule has 1 aromatic heterocycles. The zero-order valence-electron chi connectivity index (χ0n) is 25.9. The van der Waals surface area contributed by atoms with Crippen molar-refractivity contribution in [3.8, 4) is 0 Å². The first-order valence-electron chi connectivity index (χ1n) is 14.9. The normalized spacial score (nSPS) is 21.6. The van der Waals surface area contributed by atoms with Crippen molar-refractivity contribution in [1.82, 2.24) is 25.2 Å². The van der Waals surface area contributed by atoms with Crippen molar-refractivity contribution >= 4 is 45.7 Å². The predicted octanol–water partition coefficient (Wildman–Crippen LogP) is -0.591. The Bertz CT molecular complexity index is 1790. The number of aliphatic hydroxyl groups is 1. The van der Waals surface area contributed by atoms with E-state index in [9.17, 15) is 51.1 Å². The minimum atomic E-state index is -4.86. The highest BCUT2D eigenvalue weighted by Crippen LogP contribution is 2.42. The van der Waals surface area contributed by atoms with Crippen LogP contribution in [0.3, 0.4) is 0 Å². The molecular weight excluding hydrogens is 698 g/mol. The number of aliphatic hydroxyl groups excluding tert-OH is 1. The summed E-state index contributed by atoms with van der Waals surface area (Å²) in [4.78, 5) is 80.4. The summed E-state index contributed by atoms with van der Waals surface area (Å²) in [6.07, 6.45) is -5.52. The Kier molecular flexibility index (Phi) is 11.8. The zero-order valence-corrected chi connectivity index (χ0v) is 26.7. The Balaban J connectivity index is 1.09. The second kappa shape index (κ2) is 15.7. The Hall–Kier alpha value is -5.06. The number of nitrogen functional groups attached to an aromatic ring is 1. The minimum absolute atomic E-state index is 0.00994. The smallest absolute Gasteiger partial charge is 0.407 e. The average Bonchev–Trinajstić information content (AvgIpc) is 3.46. The van der Waals surface area contributed by atoms with Crippen LogP contribution in [0.4, 0.5) is 19.4 Å². The van der Waals surface area contributed by atoms with Crippen LogP contribution in [0, 0.1) is 0 Å². The van der Waals surface area contributed by atoms with Crippen molar-refractivity contribution < 1.29 is 65.1 Å². The number of anilines is 1. The lowest BCUT2D eigenvalue weighted by Gasteiger charge is -2.20. The van der Waals surface area contributed by atoms with Gasteiger partial charge in [0.05, 0.1) is 12.0 Å². The number of rotatable bonds is 14. The van der Waals surface area contributed by atoms with E-state index in [0.717, 1.165) is 12.3 Å². The van der Waals surface area contributed by atoms with E-state index in [1.807, 2.05) is 0 Å². The molecule has 1 unspecified atom stereocenters. The molecule has 1 aromatic carbocycles. The molecule has 0 bridgehead atoms. The van der Waals surface area contributed by atoms with Crippen LogP contribution < -0.4 is 22.1 Å². The summed E-state index contributed by atoms with van der Waals surface area (Å²) in [5, 5.41) is 13.0. The van der Waals surface area contributed by atoms with Gasteiger partial charge in [-0.15, -0.1) is 5.06 Å². The number of carbonyl (C=O) groups is 5.